The number of rotatable bonds is 8. The molecule has 2 aliphatic rings. The van der Waals surface area contributed by atoms with Gasteiger partial charge in [0.2, 0.25) is 12.1 Å². The zero-order valence-corrected chi connectivity index (χ0v) is 15.5. The molecule has 1 saturated heterocycles. The van der Waals surface area contributed by atoms with Crippen LogP contribution in [0.2, 0.25) is 0 Å². The predicted molar refractivity (Wildman–Crippen MR) is 93.9 cm³/mol. The molecule has 2 amide bonds. The number of ether oxygens (including phenoxy) is 2. The number of carboxylic acid groups (broad SMARTS) is 1. The largest absolute Gasteiger partial charge is 0.477 e. The van der Waals surface area contributed by atoms with Crippen LogP contribution in [-0.2, 0) is 28.7 Å². The maximum atomic E-state index is 12.2. The number of hydrogen-bond donors (Lipinski definition) is 3. The number of methoxy groups -OCH3 is 1. The number of nitrogens with one attached hydrogen (secondary N) is 2. The van der Waals surface area contributed by atoms with Gasteiger partial charge in [0.1, 0.15) is 11.1 Å². The molecule has 2 rings (SSSR count). The molecule has 1 unspecified atom stereocenters. The summed E-state index contributed by atoms with van der Waals surface area (Å²) in [4.78, 5) is 48.3. The molecule has 3 atom stereocenters. The maximum Gasteiger partial charge on any atom is 0.352 e. The fraction of sp³-hybridized carbons (Fsp3) is 0.500. The van der Waals surface area contributed by atoms with Crippen molar-refractivity contribution in [2.45, 2.75) is 24.6 Å². The van der Waals surface area contributed by atoms with E-state index < -0.39 is 41.5 Å². The van der Waals surface area contributed by atoms with Crippen LogP contribution in [0, 0.1) is 0 Å². The van der Waals surface area contributed by atoms with Crippen molar-refractivity contribution < 1.29 is 33.8 Å². The summed E-state index contributed by atoms with van der Waals surface area (Å²) in [5.41, 5.74) is 0.932. The number of fused-ring (bicyclic) bond motifs is 1. The molecule has 0 saturated carbocycles. The van der Waals surface area contributed by atoms with Gasteiger partial charge in [-0.2, -0.15) is 0 Å². The maximum absolute atomic E-state index is 12.2. The Labute approximate surface area is 158 Å². The molecule has 0 radical (unpaired) electrons. The molecular weight excluding hydrogens is 386 g/mol. The van der Waals surface area contributed by atoms with E-state index in [1.807, 2.05) is 0 Å². The number of thioether (sulfide) groups is 1. The molecular formula is C14H17N3O7S2. The molecule has 0 spiro atoms. The lowest BCUT2D eigenvalue weighted by Gasteiger charge is -2.49. The number of carbonyl (C=O) groups excluding carboxylic acids is 3. The van der Waals surface area contributed by atoms with Gasteiger partial charge in [0.25, 0.3) is 5.91 Å². The van der Waals surface area contributed by atoms with Crippen molar-refractivity contribution in [3.8, 4) is 0 Å². The van der Waals surface area contributed by atoms with Gasteiger partial charge >= 0.3 is 11.9 Å². The number of esters is 1. The number of carboxylic acids is 1. The van der Waals surface area contributed by atoms with Gasteiger partial charge in [0.15, 0.2) is 6.10 Å². The molecule has 0 aromatic rings. The van der Waals surface area contributed by atoms with E-state index in [9.17, 15) is 24.3 Å². The standard InChI is InChI=1S/C14H17N3O7S2/c1-6(18)24-11(16-8(19)3-15-5-25)7-4-26-13-10(23-2)12(20)17(13)9(7)14(21)22/h5,10-11,13H,3-4H2,1-2H3,(H,15,25)(H,16,19)(H,21,22)/t10-,11?,13-/m1/s1. The van der Waals surface area contributed by atoms with Gasteiger partial charge in [-0.25, -0.2) is 4.79 Å². The summed E-state index contributed by atoms with van der Waals surface area (Å²) in [7, 11) is 1.37. The van der Waals surface area contributed by atoms with Crippen molar-refractivity contribution in [2.75, 3.05) is 19.4 Å². The van der Waals surface area contributed by atoms with Crippen LogP contribution in [0.15, 0.2) is 11.3 Å². The van der Waals surface area contributed by atoms with Crippen LogP contribution in [0.25, 0.3) is 0 Å². The minimum atomic E-state index is -1.36. The Balaban J connectivity index is 2.34. The first kappa shape index (κ1) is 20.1. The second kappa shape index (κ2) is 8.47. The van der Waals surface area contributed by atoms with Crippen LogP contribution in [0.3, 0.4) is 0 Å². The number of carbonyl (C=O) groups is 4. The van der Waals surface area contributed by atoms with Crippen molar-refractivity contribution in [3.63, 3.8) is 0 Å². The fourth-order valence-electron chi connectivity index (χ4n) is 2.58. The van der Waals surface area contributed by atoms with Gasteiger partial charge in [-0.3, -0.25) is 19.3 Å². The molecule has 1 fully saturated rings. The minimum Gasteiger partial charge on any atom is -0.477 e. The Bertz CT molecular complexity index is 681. The summed E-state index contributed by atoms with van der Waals surface area (Å²) >= 11 is 5.81. The third-order valence-corrected chi connectivity index (χ3v) is 5.09. The van der Waals surface area contributed by atoms with Gasteiger partial charge in [0, 0.05) is 25.4 Å². The van der Waals surface area contributed by atoms with E-state index in [2.05, 4.69) is 22.9 Å². The lowest BCUT2D eigenvalue weighted by atomic mass is 10.0. The molecule has 142 valence electrons. The topological polar surface area (TPSA) is 134 Å². The monoisotopic (exact) mass is 403 g/mol. The summed E-state index contributed by atoms with van der Waals surface area (Å²) in [6.45, 7) is 0.949. The highest BCUT2D eigenvalue weighted by Crippen LogP contribution is 2.42. The highest BCUT2D eigenvalue weighted by atomic mass is 32.2. The number of aliphatic carboxylic acids is 1. The molecule has 0 bridgehead atoms. The van der Waals surface area contributed by atoms with Gasteiger partial charge in [-0.1, -0.05) is 12.2 Å². The molecule has 12 heteroatoms. The van der Waals surface area contributed by atoms with E-state index in [0.29, 0.717) is 0 Å². The van der Waals surface area contributed by atoms with Crippen LogP contribution in [0.1, 0.15) is 6.92 Å². The number of amides is 2. The molecule has 10 nitrogen and oxygen atoms in total. The average Bonchev–Trinajstić information content (AvgIpc) is 2.57. The highest BCUT2D eigenvalue weighted by molar-refractivity contribution is 8.00. The van der Waals surface area contributed by atoms with Gasteiger partial charge < -0.3 is 25.2 Å². The Kier molecular flexibility index (Phi) is 6.56. The molecule has 26 heavy (non-hydrogen) atoms. The molecule has 0 aromatic heterocycles. The van der Waals surface area contributed by atoms with Crippen molar-refractivity contribution in [2.24, 2.45) is 0 Å². The Morgan fingerprint density at radius 3 is 2.73 bits per heavy atom. The van der Waals surface area contributed by atoms with E-state index in [0.717, 1.165) is 17.3 Å². The highest BCUT2D eigenvalue weighted by Gasteiger charge is 2.55. The lowest BCUT2D eigenvalue weighted by molar-refractivity contribution is -0.162. The van der Waals surface area contributed by atoms with Crippen LogP contribution >= 0.6 is 24.0 Å². The summed E-state index contributed by atoms with van der Waals surface area (Å²) in [6.07, 6.45) is -2.05. The molecule has 0 aliphatic carbocycles. The first-order valence-electron chi connectivity index (χ1n) is 7.39. The van der Waals surface area contributed by atoms with Crippen LogP contribution in [-0.4, -0.2) is 76.4 Å². The van der Waals surface area contributed by atoms with Crippen molar-refractivity contribution in [1.29, 1.82) is 0 Å². The van der Waals surface area contributed by atoms with E-state index in [4.69, 9.17) is 9.47 Å². The van der Waals surface area contributed by atoms with E-state index in [1.54, 1.807) is 0 Å². The third-order valence-electron chi connectivity index (χ3n) is 3.64. The van der Waals surface area contributed by atoms with E-state index in [1.165, 1.54) is 18.9 Å². The number of β-lactam (4-membered cyclic amide) rings is 1. The fourth-order valence-corrected chi connectivity index (χ4v) is 4.06. The Morgan fingerprint density at radius 1 is 1.50 bits per heavy atom. The van der Waals surface area contributed by atoms with Crippen molar-refractivity contribution in [3.05, 3.63) is 11.3 Å². The van der Waals surface area contributed by atoms with Crippen LogP contribution < -0.4 is 10.6 Å². The number of hydrogen-bond acceptors (Lipinski definition) is 8. The number of thiocarbonyl (C=S) groups is 1. The van der Waals surface area contributed by atoms with Gasteiger partial charge in [-0.05, 0) is 0 Å². The summed E-state index contributed by atoms with van der Waals surface area (Å²) in [6, 6.07) is 0. The van der Waals surface area contributed by atoms with Crippen molar-refractivity contribution >= 4 is 53.2 Å². The van der Waals surface area contributed by atoms with Crippen LogP contribution in [0.4, 0.5) is 0 Å². The zero-order chi connectivity index (χ0) is 19.4. The summed E-state index contributed by atoms with van der Waals surface area (Å²) in [5, 5.41) is 14.0. The predicted octanol–water partition coefficient (Wildman–Crippen LogP) is -1.19. The average molecular weight is 403 g/mol. The molecule has 3 N–H and O–H groups in total. The Hall–Kier alpha value is -2.18. The van der Waals surface area contributed by atoms with Crippen LogP contribution in [0.5, 0.6) is 0 Å². The Morgan fingerprint density at radius 2 is 2.19 bits per heavy atom. The third kappa shape index (κ3) is 3.97. The van der Waals surface area contributed by atoms with Crippen molar-refractivity contribution in [1.82, 2.24) is 15.5 Å². The van der Waals surface area contributed by atoms with E-state index in [-0.39, 0.29) is 23.6 Å². The second-order valence-corrected chi connectivity index (χ2v) is 6.64. The zero-order valence-electron chi connectivity index (χ0n) is 13.9. The first-order valence-corrected chi connectivity index (χ1v) is 8.91. The molecule has 2 heterocycles. The number of nitrogens with zero attached hydrogens (tertiary/aromatic N) is 1. The summed E-state index contributed by atoms with van der Waals surface area (Å²) < 4.78 is 10.1. The smallest absolute Gasteiger partial charge is 0.352 e. The first-order chi connectivity index (χ1) is 12.3. The normalized spacial score (nSPS) is 22.7. The van der Waals surface area contributed by atoms with Gasteiger partial charge in [0.05, 0.1) is 12.0 Å². The quantitative estimate of drug-likeness (QED) is 0.196. The molecule has 2 aliphatic heterocycles. The lowest BCUT2D eigenvalue weighted by Crippen LogP contribution is -2.66. The molecule has 0 aromatic carbocycles. The minimum absolute atomic E-state index is 0.104. The summed E-state index contributed by atoms with van der Waals surface area (Å²) in [5.74, 6) is -3.01. The van der Waals surface area contributed by atoms with E-state index >= 15 is 0 Å². The second-order valence-electron chi connectivity index (χ2n) is 5.30. The SMILES string of the molecule is CO[C@@H]1C(=O)N2C(C(=O)O)=C(C(NC(=O)CNC=S)OC(C)=O)CS[C@H]12. The van der Waals surface area contributed by atoms with Gasteiger partial charge in [-0.15, -0.1) is 11.8 Å².